The minimum absolute atomic E-state index is 0.0682. The highest BCUT2D eigenvalue weighted by molar-refractivity contribution is 8.03. The number of thioether (sulfide) groups is 1. The first-order valence-corrected chi connectivity index (χ1v) is 9.74. The molecule has 0 saturated heterocycles. The standard InChI is InChI=1S/C19H16Cl3NOS/c1-3-23-15-10-12(2)4-9-17(15)25-18(23)11-16(24)13-5-7-14(8-6-13)19(20,21)22/h4-11H,3H2,1-2H3. The van der Waals surface area contributed by atoms with E-state index in [1.807, 2.05) is 0 Å². The average Bonchev–Trinajstić information content (AvgIpc) is 2.90. The van der Waals surface area contributed by atoms with E-state index in [-0.39, 0.29) is 5.78 Å². The molecule has 0 N–H and O–H groups in total. The number of nitrogens with zero attached hydrogens (tertiary/aromatic N) is 1. The number of fused-ring (bicyclic) bond motifs is 1. The summed E-state index contributed by atoms with van der Waals surface area (Å²) in [6.07, 6.45) is 1.67. The minimum Gasteiger partial charge on any atom is -0.335 e. The van der Waals surface area contributed by atoms with Gasteiger partial charge in [-0.2, -0.15) is 0 Å². The molecule has 0 atom stereocenters. The number of anilines is 1. The Balaban J connectivity index is 1.87. The van der Waals surface area contributed by atoms with E-state index >= 15 is 0 Å². The van der Waals surface area contributed by atoms with Crippen molar-refractivity contribution >= 4 is 58.0 Å². The molecule has 0 fully saturated rings. The minimum atomic E-state index is -1.49. The lowest BCUT2D eigenvalue weighted by molar-refractivity contribution is 0.104. The van der Waals surface area contributed by atoms with Gasteiger partial charge in [0.1, 0.15) is 0 Å². The first-order chi connectivity index (χ1) is 11.8. The van der Waals surface area contributed by atoms with E-state index in [9.17, 15) is 4.79 Å². The summed E-state index contributed by atoms with van der Waals surface area (Å²) in [5.41, 5.74) is 3.45. The lowest BCUT2D eigenvalue weighted by Gasteiger charge is -2.18. The Morgan fingerprint density at radius 3 is 2.44 bits per heavy atom. The quantitative estimate of drug-likeness (QED) is 0.327. The topological polar surface area (TPSA) is 20.3 Å². The molecule has 6 heteroatoms. The number of benzene rings is 2. The molecule has 2 nitrogen and oxygen atoms in total. The lowest BCUT2D eigenvalue weighted by Crippen LogP contribution is -2.17. The van der Waals surface area contributed by atoms with Crippen LogP contribution in [0, 0.1) is 6.92 Å². The number of carbonyl (C=O) groups excluding carboxylic acids is 1. The Kier molecular flexibility index (Phi) is 5.40. The molecule has 0 saturated carbocycles. The maximum absolute atomic E-state index is 12.6. The van der Waals surface area contributed by atoms with Crippen LogP contribution in [0.3, 0.4) is 0 Å². The molecule has 0 spiro atoms. The number of carbonyl (C=O) groups is 1. The Morgan fingerprint density at radius 2 is 1.84 bits per heavy atom. The smallest absolute Gasteiger partial charge is 0.216 e. The van der Waals surface area contributed by atoms with Crippen LogP contribution in [-0.2, 0) is 3.79 Å². The molecule has 0 amide bonds. The molecule has 3 rings (SSSR count). The second-order valence-corrected chi connectivity index (χ2v) is 9.08. The second kappa shape index (κ2) is 7.24. The largest absolute Gasteiger partial charge is 0.335 e. The zero-order valence-corrected chi connectivity index (χ0v) is 16.8. The molecule has 0 aromatic heterocycles. The van der Waals surface area contributed by atoms with Crippen LogP contribution in [-0.4, -0.2) is 12.3 Å². The van der Waals surface area contributed by atoms with Crippen LogP contribution in [0.25, 0.3) is 0 Å². The summed E-state index contributed by atoms with van der Waals surface area (Å²) in [5.74, 6) is -0.0682. The highest BCUT2D eigenvalue weighted by Gasteiger charge is 2.25. The molecule has 0 bridgehead atoms. The van der Waals surface area contributed by atoms with E-state index in [1.165, 1.54) is 5.56 Å². The molecule has 0 aliphatic carbocycles. The van der Waals surface area contributed by atoms with Crippen molar-refractivity contribution < 1.29 is 4.79 Å². The lowest BCUT2D eigenvalue weighted by atomic mass is 10.1. The van der Waals surface area contributed by atoms with E-state index in [2.05, 4.69) is 36.9 Å². The van der Waals surface area contributed by atoms with Gasteiger partial charge in [-0.15, -0.1) is 0 Å². The van der Waals surface area contributed by atoms with Gasteiger partial charge in [-0.3, -0.25) is 4.79 Å². The Bertz CT molecular complexity index is 841. The number of ketones is 1. The molecule has 0 radical (unpaired) electrons. The van der Waals surface area contributed by atoms with Gasteiger partial charge in [-0.25, -0.2) is 0 Å². The maximum Gasteiger partial charge on any atom is 0.216 e. The van der Waals surface area contributed by atoms with Crippen LogP contribution >= 0.6 is 46.6 Å². The zero-order chi connectivity index (χ0) is 18.2. The Hall–Kier alpha value is -1.13. The van der Waals surface area contributed by atoms with Crippen molar-refractivity contribution in [2.75, 3.05) is 11.4 Å². The van der Waals surface area contributed by atoms with Gasteiger partial charge in [-0.05, 0) is 31.5 Å². The van der Waals surface area contributed by atoms with Gasteiger partial charge in [0, 0.05) is 28.6 Å². The number of rotatable bonds is 3. The predicted molar refractivity (Wildman–Crippen MR) is 108 cm³/mol. The molecule has 2 aromatic carbocycles. The number of hydrogen-bond acceptors (Lipinski definition) is 3. The Labute approximate surface area is 166 Å². The van der Waals surface area contributed by atoms with Gasteiger partial charge in [0.25, 0.3) is 0 Å². The summed E-state index contributed by atoms with van der Waals surface area (Å²) in [4.78, 5) is 15.9. The van der Waals surface area contributed by atoms with Crippen LogP contribution in [0.5, 0.6) is 0 Å². The highest BCUT2D eigenvalue weighted by Crippen LogP contribution is 2.46. The summed E-state index contributed by atoms with van der Waals surface area (Å²) >= 11 is 19.2. The van der Waals surface area contributed by atoms with Gasteiger partial charge in [-0.1, -0.05) is 76.9 Å². The van der Waals surface area contributed by atoms with Crippen molar-refractivity contribution in [1.29, 1.82) is 0 Å². The van der Waals surface area contributed by atoms with Crippen LogP contribution in [0.4, 0.5) is 5.69 Å². The maximum atomic E-state index is 12.6. The monoisotopic (exact) mass is 411 g/mol. The fourth-order valence-electron chi connectivity index (χ4n) is 2.66. The van der Waals surface area contributed by atoms with Crippen molar-refractivity contribution in [2.24, 2.45) is 0 Å². The van der Waals surface area contributed by atoms with Crippen LogP contribution < -0.4 is 4.90 Å². The van der Waals surface area contributed by atoms with Gasteiger partial charge in [0.15, 0.2) is 5.78 Å². The Morgan fingerprint density at radius 1 is 1.16 bits per heavy atom. The summed E-state index contributed by atoms with van der Waals surface area (Å²) in [5, 5.41) is 0.929. The van der Waals surface area contributed by atoms with E-state index in [0.29, 0.717) is 11.1 Å². The van der Waals surface area contributed by atoms with E-state index in [0.717, 1.165) is 22.2 Å². The third-order valence-corrected chi connectivity index (χ3v) is 5.72. The SMILES string of the molecule is CCN1C(=CC(=O)c2ccc(C(Cl)(Cl)Cl)cc2)Sc2ccc(C)cc21. The highest BCUT2D eigenvalue weighted by atomic mass is 35.6. The molecule has 1 heterocycles. The number of aryl methyl sites for hydroxylation is 1. The number of halogens is 3. The fourth-order valence-corrected chi connectivity index (χ4v) is 4.18. The third kappa shape index (κ3) is 4.01. The van der Waals surface area contributed by atoms with Gasteiger partial charge in [0.05, 0.1) is 10.7 Å². The molecular formula is C19H16Cl3NOS. The normalized spacial score (nSPS) is 15.6. The summed E-state index contributed by atoms with van der Waals surface area (Å²) in [7, 11) is 0. The van der Waals surface area contributed by atoms with Gasteiger partial charge >= 0.3 is 0 Å². The predicted octanol–water partition coefficient (Wildman–Crippen LogP) is 6.48. The first kappa shape index (κ1) is 18.7. The molecule has 2 aromatic rings. The zero-order valence-electron chi connectivity index (χ0n) is 13.7. The molecule has 130 valence electrons. The van der Waals surface area contributed by atoms with Crippen LogP contribution in [0.15, 0.2) is 58.5 Å². The van der Waals surface area contributed by atoms with E-state index in [1.54, 1.807) is 42.1 Å². The van der Waals surface area contributed by atoms with Crippen molar-refractivity contribution in [3.05, 3.63) is 70.3 Å². The van der Waals surface area contributed by atoms with Crippen molar-refractivity contribution in [3.8, 4) is 0 Å². The number of alkyl halides is 3. The van der Waals surface area contributed by atoms with E-state index in [4.69, 9.17) is 34.8 Å². The molecule has 1 aliphatic rings. The molecule has 1 aliphatic heterocycles. The number of allylic oxidation sites excluding steroid dienone is 1. The van der Waals surface area contributed by atoms with Crippen LogP contribution in [0.2, 0.25) is 0 Å². The third-order valence-electron chi connectivity index (χ3n) is 3.95. The molecular weight excluding hydrogens is 397 g/mol. The van der Waals surface area contributed by atoms with Gasteiger partial charge in [0.2, 0.25) is 3.79 Å². The average molecular weight is 413 g/mol. The number of hydrogen-bond donors (Lipinski definition) is 0. The van der Waals surface area contributed by atoms with Gasteiger partial charge < -0.3 is 4.90 Å². The van der Waals surface area contributed by atoms with Crippen molar-refractivity contribution in [1.82, 2.24) is 0 Å². The van der Waals surface area contributed by atoms with Crippen molar-refractivity contribution in [2.45, 2.75) is 22.5 Å². The summed E-state index contributed by atoms with van der Waals surface area (Å²) in [6.45, 7) is 4.94. The first-order valence-electron chi connectivity index (χ1n) is 7.79. The summed E-state index contributed by atoms with van der Waals surface area (Å²) in [6, 6.07) is 13.0. The van der Waals surface area contributed by atoms with E-state index < -0.39 is 3.79 Å². The second-order valence-electron chi connectivity index (χ2n) is 5.74. The fraction of sp³-hybridized carbons (Fsp3) is 0.211. The molecule has 0 unspecified atom stereocenters. The summed E-state index contributed by atoms with van der Waals surface area (Å²) < 4.78 is -1.49. The van der Waals surface area contributed by atoms with Crippen molar-refractivity contribution in [3.63, 3.8) is 0 Å². The molecule has 25 heavy (non-hydrogen) atoms. The van der Waals surface area contributed by atoms with Crippen LogP contribution in [0.1, 0.15) is 28.4 Å².